The highest BCUT2D eigenvalue weighted by Crippen LogP contribution is 2.21. The van der Waals surface area contributed by atoms with Gasteiger partial charge in [0.2, 0.25) is 5.82 Å². The second-order valence-corrected chi connectivity index (χ2v) is 5.83. The third-order valence-corrected chi connectivity index (χ3v) is 3.63. The molecular formula is C18H19N5O3. The van der Waals surface area contributed by atoms with Crippen LogP contribution >= 0.6 is 0 Å². The van der Waals surface area contributed by atoms with Crippen molar-refractivity contribution in [1.82, 2.24) is 20.2 Å². The zero-order valence-corrected chi connectivity index (χ0v) is 14.0. The van der Waals surface area contributed by atoms with Crippen LogP contribution in [0.2, 0.25) is 0 Å². The van der Waals surface area contributed by atoms with Crippen molar-refractivity contribution in [3.05, 3.63) is 60.2 Å². The first-order valence-corrected chi connectivity index (χ1v) is 8.12. The van der Waals surface area contributed by atoms with E-state index in [-0.39, 0.29) is 13.0 Å². The second-order valence-electron chi connectivity index (χ2n) is 5.83. The van der Waals surface area contributed by atoms with Crippen molar-refractivity contribution in [3.8, 4) is 17.1 Å². The minimum absolute atomic E-state index is 0.153. The number of hydrogen-bond acceptors (Lipinski definition) is 6. The molecule has 1 unspecified atom stereocenters. The molecular weight excluding hydrogens is 334 g/mol. The van der Waals surface area contributed by atoms with Gasteiger partial charge in [-0.1, -0.05) is 42.5 Å². The minimum atomic E-state index is -0.957. The van der Waals surface area contributed by atoms with Crippen molar-refractivity contribution in [2.75, 3.05) is 0 Å². The number of carbonyl (C=O) groups is 1. The molecule has 0 radical (unpaired) electrons. The molecule has 0 aliphatic rings. The largest absolute Gasteiger partial charge is 0.489 e. The maximum absolute atomic E-state index is 10.7. The van der Waals surface area contributed by atoms with E-state index < -0.39 is 12.0 Å². The molecule has 0 saturated heterocycles. The predicted molar refractivity (Wildman–Crippen MR) is 94.3 cm³/mol. The third kappa shape index (κ3) is 4.87. The predicted octanol–water partition coefficient (Wildman–Crippen LogP) is 1.72. The van der Waals surface area contributed by atoms with Gasteiger partial charge in [0.15, 0.2) is 0 Å². The highest BCUT2D eigenvalue weighted by Gasteiger charge is 2.12. The molecule has 0 spiro atoms. The van der Waals surface area contributed by atoms with Crippen LogP contribution in [0, 0.1) is 0 Å². The number of nitrogens with zero attached hydrogens (tertiary/aromatic N) is 4. The number of hydrogen-bond donors (Lipinski definition) is 2. The highest BCUT2D eigenvalue weighted by molar-refractivity contribution is 5.67. The van der Waals surface area contributed by atoms with E-state index >= 15 is 0 Å². The maximum Gasteiger partial charge on any atom is 0.304 e. The Balaban J connectivity index is 1.65. The third-order valence-electron chi connectivity index (χ3n) is 3.63. The smallest absolute Gasteiger partial charge is 0.304 e. The lowest BCUT2D eigenvalue weighted by Crippen LogP contribution is -2.30. The summed E-state index contributed by atoms with van der Waals surface area (Å²) in [5.41, 5.74) is 7.58. The summed E-state index contributed by atoms with van der Waals surface area (Å²) in [7, 11) is 0. The molecule has 3 N–H and O–H groups in total. The highest BCUT2D eigenvalue weighted by atomic mass is 16.5. The Morgan fingerprint density at radius 2 is 2.00 bits per heavy atom. The molecule has 134 valence electrons. The molecule has 0 amide bonds. The summed E-state index contributed by atoms with van der Waals surface area (Å²) in [6.07, 6.45) is -0.153. The fourth-order valence-electron chi connectivity index (χ4n) is 2.40. The van der Waals surface area contributed by atoms with E-state index in [1.807, 2.05) is 54.6 Å². The quantitative estimate of drug-likeness (QED) is 0.633. The van der Waals surface area contributed by atoms with Crippen LogP contribution < -0.4 is 10.5 Å². The van der Waals surface area contributed by atoms with E-state index in [0.717, 1.165) is 11.1 Å². The number of tetrazole rings is 1. The van der Waals surface area contributed by atoms with Gasteiger partial charge >= 0.3 is 5.97 Å². The van der Waals surface area contributed by atoms with Crippen LogP contribution in [0.15, 0.2) is 54.6 Å². The SMILES string of the molecule is NC(CC(=O)O)Cn1nnc(-c2cccc(OCc3ccccc3)c2)n1. The van der Waals surface area contributed by atoms with Crippen LogP contribution in [-0.2, 0) is 17.9 Å². The summed E-state index contributed by atoms with van der Waals surface area (Å²) in [6, 6.07) is 16.7. The van der Waals surface area contributed by atoms with Crippen LogP contribution in [0.3, 0.4) is 0 Å². The van der Waals surface area contributed by atoms with Crippen molar-refractivity contribution in [3.63, 3.8) is 0 Å². The van der Waals surface area contributed by atoms with Crippen molar-refractivity contribution in [1.29, 1.82) is 0 Å². The molecule has 1 aromatic heterocycles. The summed E-state index contributed by atoms with van der Waals surface area (Å²) in [5, 5.41) is 20.9. The van der Waals surface area contributed by atoms with E-state index in [1.54, 1.807) is 0 Å². The molecule has 3 rings (SSSR count). The maximum atomic E-state index is 10.7. The molecule has 0 saturated carbocycles. The fourth-order valence-corrected chi connectivity index (χ4v) is 2.40. The Hall–Kier alpha value is -3.26. The van der Waals surface area contributed by atoms with Crippen LogP contribution in [0.25, 0.3) is 11.4 Å². The zero-order valence-electron chi connectivity index (χ0n) is 14.0. The number of aromatic nitrogens is 4. The average molecular weight is 353 g/mol. The standard InChI is InChI=1S/C18H19N5O3/c19-15(10-17(24)25)11-23-21-18(20-22-23)14-7-4-8-16(9-14)26-12-13-5-2-1-3-6-13/h1-9,15H,10-12,19H2,(H,24,25). The lowest BCUT2D eigenvalue weighted by molar-refractivity contribution is -0.137. The van der Waals surface area contributed by atoms with Gasteiger partial charge in [0, 0.05) is 11.6 Å². The molecule has 0 fully saturated rings. The number of rotatable bonds is 8. The summed E-state index contributed by atoms with van der Waals surface area (Å²) in [5.74, 6) is 0.170. The Morgan fingerprint density at radius 1 is 1.19 bits per heavy atom. The molecule has 0 aliphatic heterocycles. The van der Waals surface area contributed by atoms with E-state index in [1.165, 1.54) is 4.80 Å². The first kappa shape index (κ1) is 17.6. The van der Waals surface area contributed by atoms with Crippen LogP contribution in [0.5, 0.6) is 5.75 Å². The number of nitrogens with two attached hydrogens (primary N) is 1. The Bertz CT molecular complexity index is 866. The van der Waals surface area contributed by atoms with Crippen molar-refractivity contribution in [2.24, 2.45) is 5.73 Å². The number of carboxylic acid groups (broad SMARTS) is 1. The van der Waals surface area contributed by atoms with Gasteiger partial charge < -0.3 is 15.6 Å². The summed E-state index contributed by atoms with van der Waals surface area (Å²) < 4.78 is 5.80. The topological polar surface area (TPSA) is 116 Å². The summed E-state index contributed by atoms with van der Waals surface area (Å²) >= 11 is 0. The van der Waals surface area contributed by atoms with Crippen molar-refractivity contribution >= 4 is 5.97 Å². The van der Waals surface area contributed by atoms with Crippen LogP contribution in [0.4, 0.5) is 0 Å². The Morgan fingerprint density at radius 3 is 2.77 bits per heavy atom. The van der Waals surface area contributed by atoms with Gasteiger partial charge in [0.25, 0.3) is 0 Å². The number of aliphatic carboxylic acids is 1. The molecule has 0 bridgehead atoms. The Labute approximate surface area is 150 Å². The first-order chi connectivity index (χ1) is 12.6. The van der Waals surface area contributed by atoms with Crippen LogP contribution in [0.1, 0.15) is 12.0 Å². The monoisotopic (exact) mass is 353 g/mol. The Kier molecular flexibility index (Phi) is 5.55. The van der Waals surface area contributed by atoms with Crippen molar-refractivity contribution in [2.45, 2.75) is 25.6 Å². The van der Waals surface area contributed by atoms with E-state index in [2.05, 4.69) is 15.4 Å². The second kappa shape index (κ2) is 8.21. The molecule has 8 heteroatoms. The number of carboxylic acids is 1. The lowest BCUT2D eigenvalue weighted by Gasteiger charge is -2.07. The molecule has 26 heavy (non-hydrogen) atoms. The average Bonchev–Trinajstić information content (AvgIpc) is 3.09. The van der Waals surface area contributed by atoms with Gasteiger partial charge in [-0.2, -0.15) is 4.80 Å². The van der Waals surface area contributed by atoms with E-state index in [9.17, 15) is 4.79 Å². The van der Waals surface area contributed by atoms with Gasteiger partial charge in [-0.05, 0) is 22.9 Å². The molecule has 1 atom stereocenters. The molecule has 8 nitrogen and oxygen atoms in total. The molecule has 3 aromatic rings. The van der Waals surface area contributed by atoms with Crippen LogP contribution in [-0.4, -0.2) is 37.3 Å². The van der Waals surface area contributed by atoms with E-state index in [0.29, 0.717) is 18.2 Å². The van der Waals surface area contributed by atoms with Gasteiger partial charge in [0.05, 0.1) is 13.0 Å². The van der Waals surface area contributed by atoms with Gasteiger partial charge in [0.1, 0.15) is 12.4 Å². The lowest BCUT2D eigenvalue weighted by atomic mass is 10.2. The number of ether oxygens (including phenoxy) is 1. The molecule has 0 aliphatic carbocycles. The first-order valence-electron chi connectivity index (χ1n) is 8.12. The zero-order chi connectivity index (χ0) is 18.4. The van der Waals surface area contributed by atoms with Gasteiger partial charge in [-0.25, -0.2) is 0 Å². The van der Waals surface area contributed by atoms with Gasteiger partial charge in [-0.3, -0.25) is 4.79 Å². The van der Waals surface area contributed by atoms with Crippen molar-refractivity contribution < 1.29 is 14.6 Å². The fraction of sp³-hybridized carbons (Fsp3) is 0.222. The summed E-state index contributed by atoms with van der Waals surface area (Å²) in [4.78, 5) is 12.0. The van der Waals surface area contributed by atoms with Gasteiger partial charge in [-0.15, -0.1) is 10.2 Å². The minimum Gasteiger partial charge on any atom is -0.489 e. The molecule has 1 heterocycles. The normalized spacial score (nSPS) is 11.9. The summed E-state index contributed by atoms with van der Waals surface area (Å²) in [6.45, 7) is 0.651. The van der Waals surface area contributed by atoms with E-state index in [4.69, 9.17) is 15.6 Å². The molecule has 2 aromatic carbocycles. The number of benzene rings is 2.